The maximum absolute atomic E-state index is 8.66. The highest BCUT2D eigenvalue weighted by Gasteiger charge is 2.10. The van der Waals surface area contributed by atoms with Crippen LogP contribution in [0, 0.1) is 18.0 Å². The van der Waals surface area contributed by atoms with Crippen molar-refractivity contribution in [2.45, 2.75) is 6.54 Å². The number of benzene rings is 1. The first-order chi connectivity index (χ1) is 7.28. The summed E-state index contributed by atoms with van der Waals surface area (Å²) in [5.41, 5.74) is 1.86. The minimum Gasteiger partial charge on any atom is -0.349 e. The van der Waals surface area contributed by atoms with E-state index < -0.39 is 0 Å². The molecule has 0 fully saturated rings. The molecule has 0 atom stereocenters. The monoisotopic (exact) mass is 197 g/mol. The third-order valence-electron chi connectivity index (χ3n) is 2.19. The Labute approximate surface area is 89.8 Å². The molecule has 0 bridgehead atoms. The van der Waals surface area contributed by atoms with E-state index in [0.29, 0.717) is 5.56 Å². The van der Waals surface area contributed by atoms with Gasteiger partial charge in [-0.1, -0.05) is 12.1 Å². The first-order valence-electron chi connectivity index (χ1n) is 4.71. The van der Waals surface area contributed by atoms with Crippen LogP contribution in [-0.2, 0) is 6.54 Å². The molecule has 0 N–H and O–H groups in total. The molecule has 74 valence electrons. The van der Waals surface area contributed by atoms with Gasteiger partial charge < -0.3 is 9.80 Å². The summed E-state index contributed by atoms with van der Waals surface area (Å²) in [6.45, 7) is 3.91. The molecule has 0 aliphatic carbocycles. The van der Waals surface area contributed by atoms with Crippen molar-refractivity contribution in [1.82, 2.24) is 9.80 Å². The Kier molecular flexibility index (Phi) is 2.59. The Bertz CT molecular complexity index is 400. The topological polar surface area (TPSA) is 30.3 Å². The van der Waals surface area contributed by atoms with Crippen molar-refractivity contribution in [1.29, 1.82) is 5.26 Å². The van der Waals surface area contributed by atoms with Crippen molar-refractivity contribution in [3.8, 4) is 6.07 Å². The SMILES string of the molecule is CN1[C]N(Cc2ccc(C#N)cc2)C=C1. The normalized spacial score (nSPS) is 14.4. The van der Waals surface area contributed by atoms with Crippen LogP contribution in [0.3, 0.4) is 0 Å². The van der Waals surface area contributed by atoms with Crippen molar-refractivity contribution in [2.75, 3.05) is 7.05 Å². The molecular formula is C12H11N3. The second-order valence-electron chi connectivity index (χ2n) is 3.45. The summed E-state index contributed by atoms with van der Waals surface area (Å²) in [5.74, 6) is 0. The molecule has 1 aliphatic rings. The van der Waals surface area contributed by atoms with Crippen LogP contribution in [0.25, 0.3) is 0 Å². The lowest BCUT2D eigenvalue weighted by atomic mass is 10.1. The average Bonchev–Trinajstić information content (AvgIpc) is 2.65. The van der Waals surface area contributed by atoms with Crippen molar-refractivity contribution in [3.63, 3.8) is 0 Å². The number of hydrogen-bond donors (Lipinski definition) is 0. The molecule has 0 amide bonds. The Hall–Kier alpha value is -1.95. The second kappa shape index (κ2) is 4.05. The Morgan fingerprint density at radius 1 is 1.27 bits per heavy atom. The van der Waals surface area contributed by atoms with Crippen molar-refractivity contribution < 1.29 is 0 Å². The van der Waals surface area contributed by atoms with Gasteiger partial charge in [-0.2, -0.15) is 5.26 Å². The maximum Gasteiger partial charge on any atom is 0.207 e. The summed E-state index contributed by atoms with van der Waals surface area (Å²) >= 11 is 0. The van der Waals surface area contributed by atoms with E-state index in [1.807, 2.05) is 53.5 Å². The Morgan fingerprint density at radius 3 is 2.53 bits per heavy atom. The van der Waals surface area contributed by atoms with E-state index in [1.165, 1.54) is 5.56 Å². The van der Waals surface area contributed by atoms with Crippen molar-refractivity contribution in [3.05, 3.63) is 54.5 Å². The van der Waals surface area contributed by atoms with E-state index in [4.69, 9.17) is 5.26 Å². The van der Waals surface area contributed by atoms with Gasteiger partial charge in [-0.3, -0.25) is 0 Å². The maximum atomic E-state index is 8.66. The van der Waals surface area contributed by atoms with Crippen LogP contribution in [0.2, 0.25) is 0 Å². The molecule has 1 aromatic rings. The number of hydrogen-bond acceptors (Lipinski definition) is 3. The third-order valence-corrected chi connectivity index (χ3v) is 2.19. The van der Waals surface area contributed by atoms with Crippen LogP contribution in [0.1, 0.15) is 11.1 Å². The number of rotatable bonds is 2. The third kappa shape index (κ3) is 2.29. The zero-order chi connectivity index (χ0) is 10.7. The fourth-order valence-electron chi connectivity index (χ4n) is 1.42. The van der Waals surface area contributed by atoms with Crippen LogP contribution >= 0.6 is 0 Å². The molecule has 0 saturated carbocycles. The van der Waals surface area contributed by atoms with Gasteiger partial charge in [-0.05, 0) is 17.7 Å². The van der Waals surface area contributed by atoms with Crippen LogP contribution in [0.15, 0.2) is 36.7 Å². The number of nitriles is 1. The fraction of sp³-hybridized carbons (Fsp3) is 0.167. The quantitative estimate of drug-likeness (QED) is 0.723. The highest BCUT2D eigenvalue weighted by Crippen LogP contribution is 2.13. The van der Waals surface area contributed by atoms with Gasteiger partial charge in [0.15, 0.2) is 0 Å². The molecule has 0 saturated heterocycles. The van der Waals surface area contributed by atoms with Gasteiger partial charge in [-0.25, -0.2) is 0 Å². The second-order valence-corrected chi connectivity index (χ2v) is 3.45. The minimum absolute atomic E-state index is 0.695. The predicted molar refractivity (Wildman–Crippen MR) is 56.8 cm³/mol. The molecule has 1 aliphatic heterocycles. The van der Waals surface area contributed by atoms with Crippen LogP contribution in [0.4, 0.5) is 0 Å². The summed E-state index contributed by atoms with van der Waals surface area (Å²) in [6, 6.07) is 9.70. The van der Waals surface area contributed by atoms with E-state index in [-0.39, 0.29) is 0 Å². The van der Waals surface area contributed by atoms with Crippen LogP contribution in [0.5, 0.6) is 0 Å². The molecule has 2 radical (unpaired) electrons. The lowest BCUT2D eigenvalue weighted by Gasteiger charge is -2.15. The van der Waals surface area contributed by atoms with Gasteiger partial charge in [0, 0.05) is 26.0 Å². The summed E-state index contributed by atoms with van der Waals surface area (Å²) in [6.07, 6.45) is 3.92. The molecule has 0 unspecified atom stereocenters. The first kappa shape index (κ1) is 9.60. The van der Waals surface area contributed by atoms with Gasteiger partial charge in [-0.15, -0.1) is 0 Å². The molecule has 1 aromatic carbocycles. The summed E-state index contributed by atoms with van der Waals surface area (Å²) < 4.78 is 0. The highest BCUT2D eigenvalue weighted by molar-refractivity contribution is 5.31. The average molecular weight is 197 g/mol. The summed E-state index contributed by atoms with van der Waals surface area (Å²) in [4.78, 5) is 3.85. The minimum atomic E-state index is 0.695. The molecule has 1 heterocycles. The molecule has 3 nitrogen and oxygen atoms in total. The zero-order valence-electron chi connectivity index (χ0n) is 8.51. The van der Waals surface area contributed by atoms with Gasteiger partial charge >= 0.3 is 0 Å². The molecular weight excluding hydrogens is 186 g/mol. The van der Waals surface area contributed by atoms with Gasteiger partial charge in [0.05, 0.1) is 11.6 Å². The molecule has 15 heavy (non-hydrogen) atoms. The molecule has 0 aromatic heterocycles. The van der Waals surface area contributed by atoms with Crippen molar-refractivity contribution >= 4 is 0 Å². The van der Waals surface area contributed by atoms with Crippen molar-refractivity contribution in [2.24, 2.45) is 0 Å². The first-order valence-corrected chi connectivity index (χ1v) is 4.71. The van der Waals surface area contributed by atoms with Gasteiger partial charge in [0.1, 0.15) is 0 Å². The van der Waals surface area contributed by atoms with E-state index in [1.54, 1.807) is 0 Å². The zero-order valence-corrected chi connectivity index (χ0v) is 8.51. The predicted octanol–water partition coefficient (Wildman–Crippen LogP) is 1.77. The van der Waals surface area contributed by atoms with Gasteiger partial charge in [0.2, 0.25) is 6.67 Å². The van der Waals surface area contributed by atoms with E-state index >= 15 is 0 Å². The summed E-state index contributed by atoms with van der Waals surface area (Å²) in [7, 11) is 1.94. The van der Waals surface area contributed by atoms with Crippen LogP contribution in [-0.4, -0.2) is 16.8 Å². The molecule has 0 spiro atoms. The van der Waals surface area contributed by atoms with E-state index in [2.05, 4.69) is 12.7 Å². The molecule has 3 heteroatoms. The largest absolute Gasteiger partial charge is 0.349 e. The highest BCUT2D eigenvalue weighted by atomic mass is 15.3. The Morgan fingerprint density at radius 2 is 2.00 bits per heavy atom. The lowest BCUT2D eigenvalue weighted by Crippen LogP contribution is -2.15. The van der Waals surface area contributed by atoms with Gasteiger partial charge in [0.25, 0.3) is 0 Å². The number of nitrogens with zero attached hydrogens (tertiary/aromatic N) is 3. The fourth-order valence-corrected chi connectivity index (χ4v) is 1.42. The standard InChI is InChI=1S/C12H11N3/c1-14-6-7-15(10-14)9-12-4-2-11(8-13)3-5-12/h2-7H,9H2,1H3. The lowest BCUT2D eigenvalue weighted by molar-refractivity contribution is 0.374. The molecule has 2 rings (SSSR count). The van der Waals surface area contributed by atoms with E-state index in [0.717, 1.165) is 6.54 Å². The smallest absolute Gasteiger partial charge is 0.207 e. The summed E-state index contributed by atoms with van der Waals surface area (Å²) in [5, 5.41) is 8.66. The Balaban J connectivity index is 2.00. The van der Waals surface area contributed by atoms with Crippen LogP contribution < -0.4 is 0 Å². The van der Waals surface area contributed by atoms with E-state index in [9.17, 15) is 0 Å².